The van der Waals surface area contributed by atoms with Crippen LogP contribution in [0.4, 0.5) is 0 Å². The van der Waals surface area contributed by atoms with Crippen molar-refractivity contribution in [3.63, 3.8) is 0 Å². The third-order valence-corrected chi connectivity index (χ3v) is 4.14. The van der Waals surface area contributed by atoms with Crippen molar-refractivity contribution in [1.29, 1.82) is 0 Å². The molecule has 2 atom stereocenters. The molecule has 88 valence electrons. The van der Waals surface area contributed by atoms with Crippen molar-refractivity contribution in [2.75, 3.05) is 32.8 Å². The lowest BCUT2D eigenvalue weighted by atomic mass is 9.94. The molecule has 2 unspecified atom stereocenters. The quantitative estimate of drug-likeness (QED) is 0.712. The molecule has 1 heterocycles. The van der Waals surface area contributed by atoms with E-state index in [0.717, 1.165) is 32.1 Å². The van der Waals surface area contributed by atoms with Crippen LogP contribution in [-0.2, 0) is 0 Å². The summed E-state index contributed by atoms with van der Waals surface area (Å²) in [4.78, 5) is 2.54. The average molecular weight is 212 g/mol. The van der Waals surface area contributed by atoms with E-state index >= 15 is 0 Å². The molecule has 2 fully saturated rings. The van der Waals surface area contributed by atoms with Crippen LogP contribution >= 0.6 is 0 Å². The second-order valence-corrected chi connectivity index (χ2v) is 5.32. The van der Waals surface area contributed by atoms with Crippen LogP contribution in [0.1, 0.15) is 32.6 Å². The minimum absolute atomic E-state index is 0.117. The molecule has 0 aromatic heterocycles. The van der Waals surface area contributed by atoms with Gasteiger partial charge in [0.2, 0.25) is 0 Å². The Labute approximate surface area is 92.8 Å². The zero-order chi connectivity index (χ0) is 10.7. The van der Waals surface area contributed by atoms with Gasteiger partial charge < -0.3 is 10.4 Å². The highest BCUT2D eigenvalue weighted by Gasteiger charge is 2.41. The number of aliphatic hydroxyl groups excluding tert-OH is 1. The molecule has 0 amide bonds. The van der Waals surface area contributed by atoms with Crippen LogP contribution in [0.5, 0.6) is 0 Å². The smallest absolute Gasteiger partial charge is 0.0615 e. The van der Waals surface area contributed by atoms with E-state index in [-0.39, 0.29) is 5.54 Å². The maximum atomic E-state index is 9.72. The van der Waals surface area contributed by atoms with Crippen molar-refractivity contribution >= 4 is 0 Å². The Morgan fingerprint density at radius 1 is 1.40 bits per heavy atom. The van der Waals surface area contributed by atoms with Gasteiger partial charge in [0.15, 0.2) is 0 Å². The molecule has 0 aromatic carbocycles. The van der Waals surface area contributed by atoms with Gasteiger partial charge in [0.05, 0.1) is 6.61 Å². The SMILES string of the molecule is CC1CCC(CO)(N2CCCNCC2)C1. The van der Waals surface area contributed by atoms with Crippen molar-refractivity contribution in [3.8, 4) is 0 Å². The zero-order valence-electron chi connectivity index (χ0n) is 9.84. The first-order valence-electron chi connectivity index (χ1n) is 6.33. The maximum absolute atomic E-state index is 9.72. The molecule has 0 spiro atoms. The van der Waals surface area contributed by atoms with Gasteiger partial charge in [-0.15, -0.1) is 0 Å². The fourth-order valence-corrected chi connectivity index (χ4v) is 3.22. The van der Waals surface area contributed by atoms with Gasteiger partial charge in [-0.2, -0.15) is 0 Å². The highest BCUT2D eigenvalue weighted by molar-refractivity contribution is 4.97. The Hall–Kier alpha value is -0.120. The third-order valence-electron chi connectivity index (χ3n) is 4.14. The molecule has 0 bridgehead atoms. The maximum Gasteiger partial charge on any atom is 0.0615 e. The van der Waals surface area contributed by atoms with E-state index in [1.807, 2.05) is 0 Å². The van der Waals surface area contributed by atoms with Gasteiger partial charge >= 0.3 is 0 Å². The molecular formula is C12H24N2O. The minimum atomic E-state index is 0.117. The highest BCUT2D eigenvalue weighted by atomic mass is 16.3. The summed E-state index contributed by atoms with van der Waals surface area (Å²) in [6.07, 6.45) is 4.87. The van der Waals surface area contributed by atoms with Crippen LogP contribution < -0.4 is 5.32 Å². The summed E-state index contributed by atoms with van der Waals surface area (Å²) in [5.74, 6) is 0.786. The molecule has 3 nitrogen and oxygen atoms in total. The fraction of sp³-hybridized carbons (Fsp3) is 1.00. The molecule has 2 rings (SSSR count). The Morgan fingerprint density at radius 2 is 2.27 bits per heavy atom. The van der Waals surface area contributed by atoms with E-state index in [4.69, 9.17) is 0 Å². The second-order valence-electron chi connectivity index (χ2n) is 5.32. The number of nitrogens with one attached hydrogen (secondary N) is 1. The van der Waals surface area contributed by atoms with Crippen molar-refractivity contribution in [3.05, 3.63) is 0 Å². The molecule has 3 heteroatoms. The van der Waals surface area contributed by atoms with E-state index in [1.54, 1.807) is 0 Å². The van der Waals surface area contributed by atoms with Crippen molar-refractivity contribution in [1.82, 2.24) is 10.2 Å². The summed E-state index contributed by atoms with van der Waals surface area (Å²) in [5, 5.41) is 13.1. The minimum Gasteiger partial charge on any atom is -0.394 e. The molecule has 2 aliphatic rings. The summed E-state index contributed by atoms with van der Waals surface area (Å²) in [5.41, 5.74) is 0.117. The number of hydrogen-bond donors (Lipinski definition) is 2. The normalized spacial score (nSPS) is 39.2. The fourth-order valence-electron chi connectivity index (χ4n) is 3.22. The van der Waals surface area contributed by atoms with E-state index in [9.17, 15) is 5.11 Å². The Balaban J connectivity index is 2.03. The van der Waals surface area contributed by atoms with Crippen molar-refractivity contribution in [2.45, 2.75) is 38.1 Å². The summed E-state index contributed by atoms with van der Waals surface area (Å²) in [7, 11) is 0. The molecule has 1 aliphatic carbocycles. The predicted molar refractivity (Wildman–Crippen MR) is 61.9 cm³/mol. The first-order chi connectivity index (χ1) is 7.27. The van der Waals surface area contributed by atoms with Gasteiger partial charge in [-0.3, -0.25) is 4.90 Å². The summed E-state index contributed by atoms with van der Waals surface area (Å²) in [6.45, 7) is 7.13. The lowest BCUT2D eigenvalue weighted by Gasteiger charge is -2.39. The highest BCUT2D eigenvalue weighted by Crippen LogP contribution is 2.38. The monoisotopic (exact) mass is 212 g/mol. The largest absolute Gasteiger partial charge is 0.394 e. The van der Waals surface area contributed by atoms with Crippen LogP contribution in [0.2, 0.25) is 0 Å². The van der Waals surface area contributed by atoms with Gasteiger partial charge in [-0.1, -0.05) is 6.92 Å². The second kappa shape index (κ2) is 4.81. The van der Waals surface area contributed by atoms with E-state index in [2.05, 4.69) is 17.1 Å². The first-order valence-corrected chi connectivity index (χ1v) is 6.33. The van der Waals surface area contributed by atoms with E-state index in [0.29, 0.717) is 6.61 Å². The summed E-state index contributed by atoms with van der Waals surface area (Å²) < 4.78 is 0. The van der Waals surface area contributed by atoms with E-state index < -0.39 is 0 Å². The zero-order valence-corrected chi connectivity index (χ0v) is 9.84. The lowest BCUT2D eigenvalue weighted by molar-refractivity contribution is 0.0359. The number of nitrogens with zero attached hydrogens (tertiary/aromatic N) is 1. The molecule has 15 heavy (non-hydrogen) atoms. The van der Waals surface area contributed by atoms with Crippen molar-refractivity contribution in [2.24, 2.45) is 5.92 Å². The van der Waals surface area contributed by atoms with Gasteiger partial charge in [-0.05, 0) is 38.1 Å². The summed E-state index contributed by atoms with van der Waals surface area (Å²) in [6, 6.07) is 0. The number of aliphatic hydroxyl groups is 1. The molecule has 1 saturated heterocycles. The number of rotatable bonds is 2. The van der Waals surface area contributed by atoms with Crippen LogP contribution in [-0.4, -0.2) is 48.3 Å². The van der Waals surface area contributed by atoms with E-state index in [1.165, 1.54) is 25.7 Å². The van der Waals surface area contributed by atoms with Gasteiger partial charge in [0, 0.05) is 25.2 Å². The van der Waals surface area contributed by atoms with Crippen LogP contribution in [0.3, 0.4) is 0 Å². The van der Waals surface area contributed by atoms with Gasteiger partial charge in [-0.25, -0.2) is 0 Å². The third kappa shape index (κ3) is 2.35. The van der Waals surface area contributed by atoms with Crippen LogP contribution in [0.25, 0.3) is 0 Å². The Morgan fingerprint density at radius 3 is 2.93 bits per heavy atom. The molecule has 0 radical (unpaired) electrons. The lowest BCUT2D eigenvalue weighted by Crippen LogP contribution is -2.51. The molecule has 2 N–H and O–H groups in total. The van der Waals surface area contributed by atoms with Crippen LogP contribution in [0.15, 0.2) is 0 Å². The van der Waals surface area contributed by atoms with Crippen LogP contribution in [0, 0.1) is 5.92 Å². The first kappa shape index (κ1) is 11.4. The van der Waals surface area contributed by atoms with Gasteiger partial charge in [0.1, 0.15) is 0 Å². The topological polar surface area (TPSA) is 35.5 Å². The Bertz CT molecular complexity index is 202. The molecular weight excluding hydrogens is 188 g/mol. The standard InChI is InChI=1S/C12H24N2O/c1-11-3-4-12(9-11,10-15)14-7-2-5-13-6-8-14/h11,13,15H,2-10H2,1H3. The molecule has 1 aliphatic heterocycles. The molecule has 1 saturated carbocycles. The summed E-state index contributed by atoms with van der Waals surface area (Å²) >= 11 is 0. The Kier molecular flexibility index (Phi) is 3.65. The number of hydrogen-bond acceptors (Lipinski definition) is 3. The van der Waals surface area contributed by atoms with Crippen molar-refractivity contribution < 1.29 is 5.11 Å². The van der Waals surface area contributed by atoms with Gasteiger partial charge in [0.25, 0.3) is 0 Å². The average Bonchev–Trinajstić information content (AvgIpc) is 2.49. The molecule has 0 aromatic rings. The predicted octanol–water partition coefficient (Wildman–Crippen LogP) is 0.833.